The minimum atomic E-state index is 0.878. The second kappa shape index (κ2) is 13.1. The zero-order chi connectivity index (χ0) is 37.0. The Morgan fingerprint density at radius 2 is 0.696 bits per heavy atom. The Hall–Kier alpha value is -7.49. The molecule has 0 aliphatic rings. The number of rotatable bonds is 6. The summed E-state index contributed by atoms with van der Waals surface area (Å²) in [5, 5.41) is 4.82. The molecule has 262 valence electrons. The predicted molar refractivity (Wildman–Crippen MR) is 235 cm³/mol. The highest BCUT2D eigenvalue weighted by molar-refractivity contribution is 6.23. The number of fused-ring (bicyclic) bond motifs is 7. The van der Waals surface area contributed by atoms with Gasteiger partial charge in [0, 0.05) is 32.8 Å². The van der Waals surface area contributed by atoms with Crippen LogP contribution in [-0.4, -0.2) is 14.1 Å². The molecule has 3 heterocycles. The van der Waals surface area contributed by atoms with Gasteiger partial charge in [-0.05, 0) is 69.8 Å². The van der Waals surface area contributed by atoms with Crippen LogP contribution in [0.25, 0.3) is 99.8 Å². The second-order valence-corrected chi connectivity index (χ2v) is 14.4. The van der Waals surface area contributed by atoms with Crippen LogP contribution in [0.3, 0.4) is 0 Å². The molecule has 0 aliphatic carbocycles. The predicted octanol–water partition coefficient (Wildman–Crippen LogP) is 13.9. The maximum absolute atomic E-state index is 5.50. The summed E-state index contributed by atoms with van der Waals surface area (Å²) in [6, 6.07) is 76.2. The number of aromatic nitrogens is 3. The first-order chi connectivity index (χ1) is 27.8. The summed E-state index contributed by atoms with van der Waals surface area (Å²) in [5.74, 6) is 0.878. The van der Waals surface area contributed by atoms with E-state index in [2.05, 4.69) is 221 Å². The van der Waals surface area contributed by atoms with Crippen LogP contribution in [0.1, 0.15) is 0 Å². The van der Waals surface area contributed by atoms with Crippen LogP contribution in [0, 0.1) is 0 Å². The van der Waals surface area contributed by atoms with Crippen molar-refractivity contribution < 1.29 is 0 Å². The molecule has 0 saturated heterocycles. The van der Waals surface area contributed by atoms with E-state index >= 15 is 0 Å². The number of hydrogen-bond acceptors (Lipinski definition) is 1. The molecule has 11 aromatic rings. The van der Waals surface area contributed by atoms with Gasteiger partial charge in [-0.3, -0.25) is 4.57 Å². The van der Waals surface area contributed by atoms with Crippen LogP contribution in [0.2, 0.25) is 0 Å². The van der Waals surface area contributed by atoms with E-state index in [-0.39, 0.29) is 0 Å². The summed E-state index contributed by atoms with van der Waals surface area (Å²) >= 11 is 0. The first-order valence-electron chi connectivity index (χ1n) is 19.1. The molecule has 0 fully saturated rings. The van der Waals surface area contributed by atoms with Crippen molar-refractivity contribution in [1.29, 1.82) is 0 Å². The van der Waals surface area contributed by atoms with Crippen LogP contribution in [0.4, 0.5) is 0 Å². The van der Waals surface area contributed by atoms with E-state index in [1.807, 2.05) is 0 Å². The Kier molecular flexibility index (Phi) is 7.49. The Morgan fingerprint density at radius 1 is 0.286 bits per heavy atom. The first kappa shape index (κ1) is 32.0. The molecule has 8 aromatic carbocycles. The van der Waals surface area contributed by atoms with Crippen LogP contribution in [0.15, 0.2) is 212 Å². The Labute approximate surface area is 325 Å². The molecule has 3 aromatic heterocycles. The Morgan fingerprint density at radius 3 is 1.25 bits per heavy atom. The summed E-state index contributed by atoms with van der Waals surface area (Å²) in [7, 11) is 0. The minimum absolute atomic E-state index is 0.878. The van der Waals surface area contributed by atoms with Crippen LogP contribution >= 0.6 is 0 Å². The average molecular weight is 714 g/mol. The lowest BCUT2D eigenvalue weighted by Crippen LogP contribution is -2.02. The molecule has 3 heteroatoms. The van der Waals surface area contributed by atoms with Gasteiger partial charge in [0.15, 0.2) is 0 Å². The molecule has 3 nitrogen and oxygen atoms in total. The van der Waals surface area contributed by atoms with Crippen LogP contribution < -0.4 is 0 Å². The Bertz CT molecular complexity index is 3190. The third kappa shape index (κ3) is 5.25. The standard InChI is InChI=1S/C53H35N3/c1-4-14-36(15-5-1)38-24-26-40(27-25-38)42-34-48(41-18-8-3-9-19-41)54-51(35-42)56-50-23-13-11-21-45(50)47-33-32-46-44-20-10-12-22-49(44)55(52(46)53(47)56)43-30-28-39(29-31-43)37-16-6-2-7-17-37/h1-35H. The molecule has 0 N–H and O–H groups in total. The fourth-order valence-corrected chi connectivity index (χ4v) is 8.48. The highest BCUT2D eigenvalue weighted by atomic mass is 15.1. The highest BCUT2D eigenvalue weighted by Gasteiger charge is 2.22. The molecule has 0 unspecified atom stereocenters. The minimum Gasteiger partial charge on any atom is -0.307 e. The van der Waals surface area contributed by atoms with E-state index < -0.39 is 0 Å². The van der Waals surface area contributed by atoms with Crippen molar-refractivity contribution in [2.45, 2.75) is 0 Å². The van der Waals surface area contributed by atoms with Gasteiger partial charge in [0.05, 0.1) is 27.8 Å². The summed E-state index contributed by atoms with van der Waals surface area (Å²) in [6.07, 6.45) is 0. The van der Waals surface area contributed by atoms with Crippen molar-refractivity contribution >= 4 is 43.6 Å². The molecule has 0 spiro atoms. The molecule has 56 heavy (non-hydrogen) atoms. The maximum Gasteiger partial charge on any atom is 0.138 e. The van der Waals surface area contributed by atoms with E-state index in [9.17, 15) is 0 Å². The van der Waals surface area contributed by atoms with Crippen molar-refractivity contribution in [1.82, 2.24) is 14.1 Å². The quantitative estimate of drug-likeness (QED) is 0.168. The average Bonchev–Trinajstić information content (AvgIpc) is 3.80. The smallest absolute Gasteiger partial charge is 0.138 e. The van der Waals surface area contributed by atoms with Crippen LogP contribution in [-0.2, 0) is 0 Å². The SMILES string of the molecule is c1ccc(-c2ccc(-c3cc(-c4ccccc4)nc(-n4c5ccccc5c5ccc6c7ccccc7n(-c7ccc(-c8ccccc8)cc7)c6c54)c3)cc2)cc1. The van der Waals surface area contributed by atoms with Gasteiger partial charge in [-0.2, -0.15) is 0 Å². The monoisotopic (exact) mass is 713 g/mol. The topological polar surface area (TPSA) is 22.8 Å². The van der Waals surface area contributed by atoms with Gasteiger partial charge in [-0.1, -0.05) is 176 Å². The van der Waals surface area contributed by atoms with Gasteiger partial charge < -0.3 is 4.57 Å². The third-order valence-corrected chi connectivity index (χ3v) is 11.1. The molecule has 0 amide bonds. The van der Waals surface area contributed by atoms with E-state index in [1.165, 1.54) is 49.3 Å². The number of benzene rings is 8. The van der Waals surface area contributed by atoms with Crippen molar-refractivity contribution in [2.75, 3.05) is 0 Å². The summed E-state index contributed by atoms with van der Waals surface area (Å²) < 4.78 is 4.84. The fraction of sp³-hybridized carbons (Fsp3) is 0. The number of hydrogen-bond donors (Lipinski definition) is 0. The van der Waals surface area contributed by atoms with Gasteiger partial charge in [-0.25, -0.2) is 4.98 Å². The molecule has 0 radical (unpaired) electrons. The maximum atomic E-state index is 5.50. The lowest BCUT2D eigenvalue weighted by atomic mass is 9.99. The summed E-state index contributed by atoms with van der Waals surface area (Å²) in [4.78, 5) is 5.50. The van der Waals surface area contributed by atoms with E-state index in [4.69, 9.17) is 4.98 Å². The molecular formula is C53H35N3. The van der Waals surface area contributed by atoms with Gasteiger partial charge in [0.25, 0.3) is 0 Å². The molecule has 0 aliphatic heterocycles. The van der Waals surface area contributed by atoms with Crippen LogP contribution in [0.5, 0.6) is 0 Å². The molecule has 11 rings (SSSR count). The lowest BCUT2D eigenvalue weighted by molar-refractivity contribution is 1.08. The zero-order valence-corrected chi connectivity index (χ0v) is 30.5. The van der Waals surface area contributed by atoms with Gasteiger partial charge in [-0.15, -0.1) is 0 Å². The largest absolute Gasteiger partial charge is 0.307 e. The van der Waals surface area contributed by atoms with Gasteiger partial charge in [0.2, 0.25) is 0 Å². The van der Waals surface area contributed by atoms with Crippen molar-refractivity contribution in [3.63, 3.8) is 0 Å². The normalized spacial score (nSPS) is 11.6. The van der Waals surface area contributed by atoms with Crippen molar-refractivity contribution in [3.05, 3.63) is 212 Å². The lowest BCUT2D eigenvalue weighted by Gasteiger charge is -2.15. The molecule has 0 bridgehead atoms. The first-order valence-corrected chi connectivity index (χ1v) is 19.1. The van der Waals surface area contributed by atoms with E-state index in [1.54, 1.807) is 0 Å². The van der Waals surface area contributed by atoms with E-state index in [0.717, 1.165) is 50.4 Å². The van der Waals surface area contributed by atoms with Crippen molar-refractivity contribution in [3.8, 4) is 56.1 Å². The number of para-hydroxylation sites is 2. The molecule has 0 saturated carbocycles. The highest BCUT2D eigenvalue weighted by Crippen LogP contribution is 2.42. The third-order valence-electron chi connectivity index (χ3n) is 11.1. The van der Waals surface area contributed by atoms with Gasteiger partial charge in [0.1, 0.15) is 5.82 Å². The molecule has 0 atom stereocenters. The fourth-order valence-electron chi connectivity index (χ4n) is 8.48. The Balaban J connectivity index is 1.20. The number of nitrogens with zero attached hydrogens (tertiary/aromatic N) is 3. The summed E-state index contributed by atoms with van der Waals surface area (Å²) in [5.41, 5.74) is 14.8. The zero-order valence-electron chi connectivity index (χ0n) is 30.5. The summed E-state index contributed by atoms with van der Waals surface area (Å²) in [6.45, 7) is 0. The molecular weight excluding hydrogens is 679 g/mol. The van der Waals surface area contributed by atoms with E-state index in [0.29, 0.717) is 0 Å². The van der Waals surface area contributed by atoms with Crippen molar-refractivity contribution in [2.24, 2.45) is 0 Å². The number of pyridine rings is 1. The van der Waals surface area contributed by atoms with Gasteiger partial charge >= 0.3 is 0 Å². The second-order valence-electron chi connectivity index (χ2n) is 14.4.